The first kappa shape index (κ1) is 13.1. The number of rotatable bonds is 4. The van der Waals surface area contributed by atoms with Crippen LogP contribution in [0.25, 0.3) is 11.0 Å². The van der Waals surface area contributed by atoms with Crippen LogP contribution in [0.3, 0.4) is 0 Å². The summed E-state index contributed by atoms with van der Waals surface area (Å²) >= 11 is 0. The fourth-order valence-electron chi connectivity index (χ4n) is 2.92. The average Bonchev–Trinajstić information content (AvgIpc) is 2.76. The van der Waals surface area contributed by atoms with E-state index < -0.39 is 5.97 Å². The van der Waals surface area contributed by atoms with Gasteiger partial charge >= 0.3 is 5.97 Å². The van der Waals surface area contributed by atoms with Gasteiger partial charge in [0.15, 0.2) is 0 Å². The smallest absolute Gasteiger partial charge is 0.337 e. The lowest BCUT2D eigenvalue weighted by Gasteiger charge is -2.47. The molecule has 1 aliphatic carbocycles. The summed E-state index contributed by atoms with van der Waals surface area (Å²) in [4.78, 5) is 13.6. The van der Waals surface area contributed by atoms with Crippen molar-refractivity contribution in [3.8, 4) is 0 Å². The summed E-state index contributed by atoms with van der Waals surface area (Å²) in [5.41, 5.74) is 1.60. The normalized spacial score (nSPS) is 17.4. The van der Waals surface area contributed by atoms with Crippen LogP contribution in [-0.2, 0) is 6.54 Å². The van der Waals surface area contributed by atoms with Crippen molar-refractivity contribution in [1.82, 2.24) is 19.9 Å². The number of aromatic nitrogens is 3. The molecule has 1 fully saturated rings. The number of carboxylic acids is 1. The summed E-state index contributed by atoms with van der Waals surface area (Å²) in [6, 6.07) is 5.11. The van der Waals surface area contributed by atoms with E-state index >= 15 is 0 Å². The van der Waals surface area contributed by atoms with Gasteiger partial charge in [-0.15, -0.1) is 5.10 Å². The molecular weight excluding hydrogens is 256 g/mol. The zero-order chi connectivity index (χ0) is 14.3. The molecule has 1 heterocycles. The molecule has 0 spiro atoms. The first-order chi connectivity index (χ1) is 9.53. The van der Waals surface area contributed by atoms with Crippen LogP contribution in [0.2, 0.25) is 0 Å². The van der Waals surface area contributed by atoms with Gasteiger partial charge in [-0.2, -0.15) is 0 Å². The Hall–Kier alpha value is -1.95. The van der Waals surface area contributed by atoms with Gasteiger partial charge in [-0.25, -0.2) is 9.48 Å². The van der Waals surface area contributed by atoms with E-state index in [2.05, 4.69) is 29.3 Å². The van der Waals surface area contributed by atoms with E-state index in [9.17, 15) is 9.90 Å². The number of likely N-dealkylation sites (N-methyl/N-ethyl adjacent to an activating group) is 1. The number of fused-ring (bicyclic) bond motifs is 1. The summed E-state index contributed by atoms with van der Waals surface area (Å²) in [6.45, 7) is 0.681. The van der Waals surface area contributed by atoms with Crippen molar-refractivity contribution in [2.45, 2.75) is 31.3 Å². The summed E-state index contributed by atoms with van der Waals surface area (Å²) in [5.74, 6) is -0.938. The van der Waals surface area contributed by atoms with Crippen molar-refractivity contribution in [1.29, 1.82) is 0 Å². The predicted molar refractivity (Wildman–Crippen MR) is 74.8 cm³/mol. The van der Waals surface area contributed by atoms with Crippen LogP contribution >= 0.6 is 0 Å². The Morgan fingerprint density at radius 2 is 2.20 bits per heavy atom. The van der Waals surface area contributed by atoms with Gasteiger partial charge in [-0.3, -0.25) is 0 Å². The van der Waals surface area contributed by atoms with E-state index in [1.165, 1.54) is 6.42 Å². The Morgan fingerprint density at radius 1 is 1.45 bits per heavy atom. The highest BCUT2D eigenvalue weighted by molar-refractivity contribution is 6.00. The number of hydrogen-bond donors (Lipinski definition) is 1. The van der Waals surface area contributed by atoms with Crippen LogP contribution < -0.4 is 0 Å². The Kier molecular flexibility index (Phi) is 2.97. The fraction of sp³-hybridized carbons (Fsp3) is 0.500. The highest BCUT2D eigenvalue weighted by atomic mass is 16.4. The maximum atomic E-state index is 11.4. The lowest BCUT2D eigenvalue weighted by molar-refractivity contribution is 0.0395. The maximum Gasteiger partial charge on any atom is 0.337 e. The minimum atomic E-state index is -0.938. The maximum absolute atomic E-state index is 11.4. The van der Waals surface area contributed by atoms with Crippen molar-refractivity contribution in [3.63, 3.8) is 0 Å². The first-order valence-electron chi connectivity index (χ1n) is 6.76. The van der Waals surface area contributed by atoms with Gasteiger partial charge in [0.2, 0.25) is 0 Å². The third-order valence-corrected chi connectivity index (χ3v) is 4.44. The minimum Gasteiger partial charge on any atom is -0.478 e. The third-order valence-electron chi connectivity index (χ3n) is 4.44. The molecule has 0 amide bonds. The third kappa shape index (κ3) is 1.87. The zero-order valence-corrected chi connectivity index (χ0v) is 11.7. The number of aromatic carboxylic acids is 1. The molecule has 1 saturated carbocycles. The van der Waals surface area contributed by atoms with Gasteiger partial charge in [0.1, 0.15) is 11.0 Å². The molecule has 2 aromatic rings. The molecule has 6 nitrogen and oxygen atoms in total. The first-order valence-corrected chi connectivity index (χ1v) is 6.76. The van der Waals surface area contributed by atoms with Crippen LogP contribution in [0.15, 0.2) is 18.2 Å². The number of hydrogen-bond acceptors (Lipinski definition) is 4. The summed E-state index contributed by atoms with van der Waals surface area (Å²) in [6.07, 6.45) is 3.42. The molecule has 1 N–H and O–H groups in total. The van der Waals surface area contributed by atoms with Crippen molar-refractivity contribution in [2.75, 3.05) is 14.1 Å². The summed E-state index contributed by atoms with van der Waals surface area (Å²) in [7, 11) is 4.13. The molecule has 6 heteroatoms. The van der Waals surface area contributed by atoms with Crippen molar-refractivity contribution in [2.24, 2.45) is 0 Å². The molecule has 0 radical (unpaired) electrons. The average molecular weight is 274 g/mol. The molecule has 0 bridgehead atoms. The minimum absolute atomic E-state index is 0.0756. The number of carbonyl (C=O) groups is 1. The standard InChI is InChI=1S/C14H18N4O2/c1-17(2)14(7-4-8-14)9-18-12-10(13(19)20)5-3-6-11(12)15-16-18/h3,5-6H,4,7-9H2,1-2H3,(H,19,20). The lowest BCUT2D eigenvalue weighted by Crippen LogP contribution is -2.53. The van der Waals surface area contributed by atoms with E-state index in [0.29, 0.717) is 17.6 Å². The van der Waals surface area contributed by atoms with Gasteiger partial charge in [0, 0.05) is 5.54 Å². The second kappa shape index (κ2) is 4.56. The number of benzene rings is 1. The summed E-state index contributed by atoms with van der Waals surface area (Å²) < 4.78 is 1.75. The zero-order valence-electron chi connectivity index (χ0n) is 11.7. The largest absolute Gasteiger partial charge is 0.478 e. The van der Waals surface area contributed by atoms with Gasteiger partial charge < -0.3 is 10.0 Å². The molecule has 20 heavy (non-hydrogen) atoms. The quantitative estimate of drug-likeness (QED) is 0.917. The van der Waals surface area contributed by atoms with E-state index in [1.807, 2.05) is 0 Å². The van der Waals surface area contributed by atoms with Crippen molar-refractivity contribution < 1.29 is 9.90 Å². The molecule has 1 aliphatic rings. The second-order valence-electron chi connectivity index (χ2n) is 5.70. The Bertz CT molecular complexity index is 658. The Morgan fingerprint density at radius 3 is 2.75 bits per heavy atom. The molecule has 0 unspecified atom stereocenters. The molecule has 0 saturated heterocycles. The molecule has 0 aliphatic heterocycles. The van der Waals surface area contributed by atoms with Crippen LogP contribution in [0.5, 0.6) is 0 Å². The van der Waals surface area contributed by atoms with Crippen LogP contribution in [0, 0.1) is 0 Å². The second-order valence-corrected chi connectivity index (χ2v) is 5.70. The van der Waals surface area contributed by atoms with Gasteiger partial charge in [-0.1, -0.05) is 11.3 Å². The van der Waals surface area contributed by atoms with E-state index in [0.717, 1.165) is 12.8 Å². The Labute approximate surface area is 117 Å². The lowest BCUT2D eigenvalue weighted by atomic mass is 9.75. The van der Waals surface area contributed by atoms with Gasteiger partial charge in [0.25, 0.3) is 0 Å². The number of carboxylic acid groups (broad SMARTS) is 1. The van der Waals surface area contributed by atoms with Crippen LogP contribution in [0.1, 0.15) is 29.6 Å². The summed E-state index contributed by atoms with van der Waals surface area (Å²) in [5, 5.41) is 17.6. The highest BCUT2D eigenvalue weighted by Gasteiger charge is 2.40. The van der Waals surface area contributed by atoms with Crippen LogP contribution in [-0.4, -0.2) is 50.6 Å². The van der Waals surface area contributed by atoms with Gasteiger partial charge in [0.05, 0.1) is 12.1 Å². The molecule has 1 aromatic heterocycles. The van der Waals surface area contributed by atoms with Crippen LogP contribution in [0.4, 0.5) is 0 Å². The van der Waals surface area contributed by atoms with E-state index in [-0.39, 0.29) is 11.1 Å². The van der Waals surface area contributed by atoms with Crippen molar-refractivity contribution >= 4 is 17.0 Å². The van der Waals surface area contributed by atoms with E-state index in [1.54, 1.807) is 22.9 Å². The van der Waals surface area contributed by atoms with Gasteiger partial charge in [-0.05, 0) is 45.5 Å². The SMILES string of the molecule is CN(C)C1(Cn2nnc3cccc(C(=O)O)c32)CCC1. The molecular formula is C14H18N4O2. The number of nitrogens with zero attached hydrogens (tertiary/aromatic N) is 4. The molecule has 0 atom stereocenters. The molecule has 106 valence electrons. The van der Waals surface area contributed by atoms with E-state index in [4.69, 9.17) is 0 Å². The highest BCUT2D eigenvalue weighted by Crippen LogP contribution is 2.38. The molecule has 1 aromatic carbocycles. The monoisotopic (exact) mass is 274 g/mol. The molecule has 3 rings (SSSR count). The fourth-order valence-corrected chi connectivity index (χ4v) is 2.92. The number of para-hydroxylation sites is 1. The van der Waals surface area contributed by atoms with Crippen molar-refractivity contribution in [3.05, 3.63) is 23.8 Å². The predicted octanol–water partition coefficient (Wildman–Crippen LogP) is 1.61. The Balaban J connectivity index is 2.06. The topological polar surface area (TPSA) is 71.2 Å².